The Hall–Kier alpha value is 0. The van der Waals surface area contributed by atoms with Crippen LogP contribution in [0.4, 0.5) is 0 Å². The van der Waals surface area contributed by atoms with Crippen LogP contribution in [0.25, 0.3) is 0 Å². The van der Waals surface area contributed by atoms with Crippen molar-refractivity contribution in [1.29, 1.82) is 0 Å². The van der Waals surface area contributed by atoms with Gasteiger partial charge < -0.3 is 0 Å². The third-order valence-electron chi connectivity index (χ3n) is 5.00. The van der Waals surface area contributed by atoms with Crippen molar-refractivity contribution >= 4 is 0 Å². The van der Waals surface area contributed by atoms with Crippen molar-refractivity contribution in [3.8, 4) is 0 Å². The van der Waals surface area contributed by atoms with Gasteiger partial charge >= 0.3 is 0 Å². The van der Waals surface area contributed by atoms with Crippen LogP contribution in [0.5, 0.6) is 0 Å². The molecule has 2 aliphatic rings. The summed E-state index contributed by atoms with van der Waals surface area (Å²) in [6.07, 6.45) is 6.11. The van der Waals surface area contributed by atoms with E-state index in [1.807, 2.05) is 0 Å². The summed E-state index contributed by atoms with van der Waals surface area (Å²) in [5.41, 5.74) is 0.749. The first kappa shape index (κ1) is 9.55. The molecule has 2 bridgehead atoms. The minimum Gasteiger partial charge on any atom is -0.0625 e. The van der Waals surface area contributed by atoms with Crippen molar-refractivity contribution < 1.29 is 0 Å². The van der Waals surface area contributed by atoms with Crippen LogP contribution >= 0.6 is 0 Å². The Morgan fingerprint density at radius 3 is 1.85 bits per heavy atom. The Bertz CT molecular complexity index is 182. The lowest BCUT2D eigenvalue weighted by atomic mass is 9.67. The summed E-state index contributed by atoms with van der Waals surface area (Å²) in [7, 11) is 0. The summed E-state index contributed by atoms with van der Waals surface area (Å²) < 4.78 is 0. The van der Waals surface area contributed by atoms with E-state index in [1.165, 1.54) is 25.7 Å². The molecule has 1 unspecified atom stereocenters. The summed E-state index contributed by atoms with van der Waals surface area (Å²) in [5.74, 6) is 3.96. The molecule has 0 radical (unpaired) electrons. The molecule has 0 heteroatoms. The van der Waals surface area contributed by atoms with Crippen LogP contribution < -0.4 is 0 Å². The van der Waals surface area contributed by atoms with Crippen LogP contribution in [0, 0.1) is 29.1 Å². The van der Waals surface area contributed by atoms with Gasteiger partial charge in [-0.2, -0.15) is 0 Å². The minimum absolute atomic E-state index is 0.749. The Morgan fingerprint density at radius 1 is 1.00 bits per heavy atom. The SMILES string of the molecule is CC(C)C1C2CCC1(C(C)C)CC2. The largest absolute Gasteiger partial charge is 0.0625 e. The highest BCUT2D eigenvalue weighted by molar-refractivity contribution is 5.04. The number of fused-ring (bicyclic) bond motifs is 2. The molecule has 0 nitrogen and oxygen atoms in total. The third kappa shape index (κ3) is 1.17. The molecule has 0 N–H and O–H groups in total. The highest BCUT2D eigenvalue weighted by Crippen LogP contribution is 2.63. The van der Waals surface area contributed by atoms with Crippen LogP contribution in [-0.2, 0) is 0 Å². The first-order chi connectivity index (χ1) is 6.08. The topological polar surface area (TPSA) is 0 Å². The number of rotatable bonds is 2. The van der Waals surface area contributed by atoms with Crippen molar-refractivity contribution in [1.82, 2.24) is 0 Å². The van der Waals surface area contributed by atoms with E-state index in [9.17, 15) is 0 Å². The van der Waals surface area contributed by atoms with E-state index in [1.54, 1.807) is 0 Å². The van der Waals surface area contributed by atoms with Crippen molar-refractivity contribution in [3.63, 3.8) is 0 Å². The van der Waals surface area contributed by atoms with Crippen LogP contribution in [-0.4, -0.2) is 0 Å². The molecule has 0 amide bonds. The van der Waals surface area contributed by atoms with Gasteiger partial charge in [-0.3, -0.25) is 0 Å². The molecule has 2 fully saturated rings. The molecule has 0 saturated heterocycles. The van der Waals surface area contributed by atoms with Gasteiger partial charge in [0.05, 0.1) is 0 Å². The van der Waals surface area contributed by atoms with E-state index in [4.69, 9.17) is 0 Å². The third-order valence-corrected chi connectivity index (χ3v) is 5.00. The fourth-order valence-corrected chi connectivity index (χ4v) is 4.51. The van der Waals surface area contributed by atoms with Crippen LogP contribution in [0.15, 0.2) is 0 Å². The fraction of sp³-hybridized carbons (Fsp3) is 1.00. The average molecular weight is 180 g/mol. The lowest BCUT2D eigenvalue weighted by molar-refractivity contribution is 0.106. The molecule has 0 aliphatic heterocycles. The normalized spacial score (nSPS) is 43.8. The fourth-order valence-electron chi connectivity index (χ4n) is 4.51. The lowest BCUT2D eigenvalue weighted by Gasteiger charge is -2.38. The van der Waals surface area contributed by atoms with Gasteiger partial charge in [-0.25, -0.2) is 0 Å². The molecule has 13 heavy (non-hydrogen) atoms. The summed E-state index contributed by atoms with van der Waals surface area (Å²) in [5, 5.41) is 0. The molecular formula is C13H24. The number of hydrogen-bond acceptors (Lipinski definition) is 0. The predicted octanol–water partition coefficient (Wildman–Crippen LogP) is 4.10. The van der Waals surface area contributed by atoms with Gasteiger partial charge in [-0.15, -0.1) is 0 Å². The monoisotopic (exact) mass is 180 g/mol. The van der Waals surface area contributed by atoms with Crippen molar-refractivity contribution in [2.24, 2.45) is 29.1 Å². The van der Waals surface area contributed by atoms with Gasteiger partial charge in [0.25, 0.3) is 0 Å². The maximum Gasteiger partial charge on any atom is -0.0241 e. The standard InChI is InChI=1S/C13H24/c1-9(2)12-11-5-7-13(12,8-6-11)10(3)4/h9-12H,5-8H2,1-4H3. The van der Waals surface area contributed by atoms with Gasteiger partial charge in [0.15, 0.2) is 0 Å². The Kier molecular flexibility index (Phi) is 2.20. The molecule has 0 spiro atoms. The molecule has 1 atom stereocenters. The Balaban J connectivity index is 2.26. The van der Waals surface area contributed by atoms with Crippen LogP contribution in [0.1, 0.15) is 53.4 Å². The molecule has 0 aromatic carbocycles. The van der Waals surface area contributed by atoms with Crippen molar-refractivity contribution in [2.45, 2.75) is 53.4 Å². The zero-order valence-electron chi connectivity index (χ0n) is 9.64. The highest BCUT2D eigenvalue weighted by atomic mass is 14.6. The molecule has 76 valence electrons. The first-order valence-electron chi connectivity index (χ1n) is 6.08. The summed E-state index contributed by atoms with van der Waals surface area (Å²) >= 11 is 0. The zero-order chi connectivity index (χ0) is 9.64. The van der Waals surface area contributed by atoms with E-state index >= 15 is 0 Å². The maximum atomic E-state index is 2.45. The van der Waals surface area contributed by atoms with Gasteiger partial charge in [-0.05, 0) is 54.8 Å². The Morgan fingerprint density at radius 2 is 1.54 bits per heavy atom. The molecule has 2 aliphatic carbocycles. The van der Waals surface area contributed by atoms with E-state index < -0.39 is 0 Å². The summed E-state index contributed by atoms with van der Waals surface area (Å²) in [6.45, 7) is 9.77. The van der Waals surface area contributed by atoms with Gasteiger partial charge in [-0.1, -0.05) is 27.7 Å². The second-order valence-corrected chi connectivity index (χ2v) is 6.00. The smallest absolute Gasteiger partial charge is 0.0241 e. The summed E-state index contributed by atoms with van der Waals surface area (Å²) in [6, 6.07) is 0. The molecule has 2 saturated carbocycles. The molecular weight excluding hydrogens is 156 g/mol. The van der Waals surface area contributed by atoms with Crippen LogP contribution in [0.3, 0.4) is 0 Å². The van der Waals surface area contributed by atoms with Crippen LogP contribution in [0.2, 0.25) is 0 Å². The minimum atomic E-state index is 0.749. The first-order valence-corrected chi connectivity index (χ1v) is 6.08. The molecule has 0 heterocycles. The lowest BCUT2D eigenvalue weighted by Crippen LogP contribution is -2.31. The second-order valence-electron chi connectivity index (χ2n) is 6.00. The molecule has 0 aromatic rings. The van der Waals surface area contributed by atoms with E-state index in [2.05, 4.69) is 27.7 Å². The Labute approximate surface area is 83.1 Å². The quantitative estimate of drug-likeness (QED) is 0.600. The van der Waals surface area contributed by atoms with E-state index in [-0.39, 0.29) is 0 Å². The highest BCUT2D eigenvalue weighted by Gasteiger charge is 2.55. The second kappa shape index (κ2) is 3.00. The molecule has 0 aromatic heterocycles. The summed E-state index contributed by atoms with van der Waals surface area (Å²) in [4.78, 5) is 0. The zero-order valence-corrected chi connectivity index (χ0v) is 9.64. The average Bonchev–Trinajstić information content (AvgIpc) is 2.58. The van der Waals surface area contributed by atoms with E-state index in [0.717, 1.165) is 29.1 Å². The van der Waals surface area contributed by atoms with Crippen molar-refractivity contribution in [2.75, 3.05) is 0 Å². The molecule has 2 rings (SSSR count). The van der Waals surface area contributed by atoms with Crippen molar-refractivity contribution in [3.05, 3.63) is 0 Å². The van der Waals surface area contributed by atoms with Gasteiger partial charge in [0, 0.05) is 0 Å². The van der Waals surface area contributed by atoms with Gasteiger partial charge in [0.2, 0.25) is 0 Å². The number of hydrogen-bond donors (Lipinski definition) is 0. The van der Waals surface area contributed by atoms with Gasteiger partial charge in [0.1, 0.15) is 0 Å². The van der Waals surface area contributed by atoms with E-state index in [0.29, 0.717) is 0 Å². The maximum absolute atomic E-state index is 2.45. The predicted molar refractivity (Wildman–Crippen MR) is 57.6 cm³/mol.